The predicted octanol–water partition coefficient (Wildman–Crippen LogP) is 3.87. The highest BCUT2D eigenvalue weighted by Gasteiger charge is 2.39. The molecule has 0 spiro atoms. The Hall–Kier alpha value is -2.06. The largest absolute Gasteiger partial charge is 0.435 e. The second-order valence-corrected chi connectivity index (χ2v) is 4.17. The fourth-order valence-electron chi connectivity index (χ4n) is 1.82. The zero-order valence-corrected chi connectivity index (χ0v) is 10.6. The van der Waals surface area contributed by atoms with Gasteiger partial charge in [-0.3, -0.25) is 0 Å². The van der Waals surface area contributed by atoms with Gasteiger partial charge in [-0.2, -0.15) is 31.4 Å². The van der Waals surface area contributed by atoms with E-state index in [-0.39, 0.29) is 12.0 Å². The van der Waals surface area contributed by atoms with Crippen LogP contribution in [0.15, 0.2) is 24.5 Å². The van der Waals surface area contributed by atoms with Gasteiger partial charge in [-0.25, -0.2) is 9.67 Å². The summed E-state index contributed by atoms with van der Waals surface area (Å²) in [7, 11) is 0. The lowest BCUT2D eigenvalue weighted by Crippen LogP contribution is -2.14. The minimum Gasteiger partial charge on any atom is -0.237 e. The van der Waals surface area contributed by atoms with Crippen molar-refractivity contribution < 1.29 is 26.3 Å². The van der Waals surface area contributed by atoms with Gasteiger partial charge in [-0.05, 0) is 18.6 Å². The maximum absolute atomic E-state index is 12.9. The summed E-state index contributed by atoms with van der Waals surface area (Å²) in [6, 6.07) is 1.80. The highest BCUT2D eigenvalue weighted by atomic mass is 19.4. The van der Waals surface area contributed by atoms with Gasteiger partial charge in [-0.15, -0.1) is 0 Å². The van der Waals surface area contributed by atoms with Crippen LogP contribution < -0.4 is 0 Å². The number of alkyl halides is 6. The first-order chi connectivity index (χ1) is 9.64. The molecule has 0 saturated heterocycles. The van der Waals surface area contributed by atoms with E-state index in [4.69, 9.17) is 0 Å². The summed E-state index contributed by atoms with van der Waals surface area (Å²) in [6.07, 6.45) is -7.50. The summed E-state index contributed by atoms with van der Waals surface area (Å²) in [5.41, 5.74) is -2.55. The third-order valence-electron chi connectivity index (χ3n) is 2.75. The third kappa shape index (κ3) is 3.01. The summed E-state index contributed by atoms with van der Waals surface area (Å²) in [4.78, 5) is 3.50. The molecule has 0 aliphatic carbocycles. The van der Waals surface area contributed by atoms with E-state index in [1.54, 1.807) is 0 Å². The minimum absolute atomic E-state index is 0.0109. The van der Waals surface area contributed by atoms with Gasteiger partial charge in [0.15, 0.2) is 11.5 Å². The van der Waals surface area contributed by atoms with Gasteiger partial charge in [0.2, 0.25) is 0 Å². The molecule has 0 saturated carbocycles. The molecule has 114 valence electrons. The minimum atomic E-state index is -4.74. The number of nitrogens with zero attached hydrogens (tertiary/aromatic N) is 3. The Labute approximate surface area is 115 Å². The van der Waals surface area contributed by atoms with E-state index in [0.717, 1.165) is 24.5 Å². The van der Waals surface area contributed by atoms with Crippen molar-refractivity contribution in [2.45, 2.75) is 25.7 Å². The maximum Gasteiger partial charge on any atom is 0.435 e. The van der Waals surface area contributed by atoms with Gasteiger partial charge in [-0.1, -0.05) is 6.92 Å². The number of pyridine rings is 1. The van der Waals surface area contributed by atoms with E-state index in [2.05, 4.69) is 10.1 Å². The van der Waals surface area contributed by atoms with E-state index in [1.807, 2.05) is 0 Å². The normalized spacial score (nSPS) is 12.7. The Morgan fingerprint density at radius 2 is 1.76 bits per heavy atom. The summed E-state index contributed by atoms with van der Waals surface area (Å²) in [5, 5.41) is 3.23. The molecule has 0 aliphatic rings. The van der Waals surface area contributed by atoms with Crippen molar-refractivity contribution in [3.05, 3.63) is 41.3 Å². The van der Waals surface area contributed by atoms with Crippen molar-refractivity contribution in [1.29, 1.82) is 0 Å². The molecule has 0 aromatic carbocycles. The fraction of sp³-hybridized carbons (Fsp3) is 0.333. The van der Waals surface area contributed by atoms with Crippen LogP contribution in [0.3, 0.4) is 0 Å². The molecule has 0 unspecified atom stereocenters. The molecule has 0 amide bonds. The van der Waals surface area contributed by atoms with Crippen LogP contribution in [0, 0.1) is 0 Å². The van der Waals surface area contributed by atoms with E-state index in [9.17, 15) is 26.3 Å². The molecule has 2 rings (SSSR count). The van der Waals surface area contributed by atoms with Crippen molar-refractivity contribution in [1.82, 2.24) is 14.8 Å². The lowest BCUT2D eigenvalue weighted by molar-refractivity contribution is -0.141. The molecule has 0 bridgehead atoms. The average Bonchev–Trinajstić information content (AvgIpc) is 2.81. The van der Waals surface area contributed by atoms with Gasteiger partial charge in [0.05, 0.1) is 0 Å². The van der Waals surface area contributed by atoms with Gasteiger partial charge in [0.1, 0.15) is 5.56 Å². The second-order valence-electron chi connectivity index (χ2n) is 4.17. The Bertz CT molecular complexity index is 641. The van der Waals surface area contributed by atoms with Crippen LogP contribution in [0.1, 0.15) is 23.7 Å². The lowest BCUT2D eigenvalue weighted by Gasteiger charge is -2.11. The molecule has 0 N–H and O–H groups in total. The topological polar surface area (TPSA) is 30.7 Å². The molecule has 0 aliphatic heterocycles. The van der Waals surface area contributed by atoms with E-state index < -0.39 is 29.4 Å². The van der Waals surface area contributed by atoms with Crippen LogP contribution in [0.25, 0.3) is 5.82 Å². The van der Waals surface area contributed by atoms with Gasteiger partial charge < -0.3 is 0 Å². The summed E-state index contributed by atoms with van der Waals surface area (Å²) >= 11 is 0. The lowest BCUT2D eigenvalue weighted by atomic mass is 10.2. The second kappa shape index (κ2) is 5.05. The number of aromatic nitrogens is 3. The molecule has 2 aromatic rings. The third-order valence-corrected chi connectivity index (χ3v) is 2.75. The van der Waals surface area contributed by atoms with E-state index >= 15 is 0 Å². The van der Waals surface area contributed by atoms with Crippen LogP contribution in [-0.2, 0) is 18.8 Å². The summed E-state index contributed by atoms with van der Waals surface area (Å²) in [6.45, 7) is 1.46. The fourth-order valence-corrected chi connectivity index (χ4v) is 1.82. The zero-order chi connectivity index (χ0) is 15.8. The standard InChI is InChI=1S/C12H9F6N3/c1-2-7-6-21(20-9(7)12(16,17)18)10-8(11(13,14)15)4-3-5-19-10/h3-6H,2H2,1H3. The maximum atomic E-state index is 12.9. The molecular weight excluding hydrogens is 300 g/mol. The smallest absolute Gasteiger partial charge is 0.237 e. The first-order valence-corrected chi connectivity index (χ1v) is 5.83. The zero-order valence-electron chi connectivity index (χ0n) is 10.6. The van der Waals surface area contributed by atoms with Crippen molar-refractivity contribution in [3.63, 3.8) is 0 Å². The van der Waals surface area contributed by atoms with Crippen LogP contribution in [0.2, 0.25) is 0 Å². The average molecular weight is 309 g/mol. The number of aryl methyl sites for hydroxylation is 1. The van der Waals surface area contributed by atoms with Crippen LogP contribution >= 0.6 is 0 Å². The Morgan fingerprint density at radius 3 is 2.24 bits per heavy atom. The predicted molar refractivity (Wildman–Crippen MR) is 60.7 cm³/mol. The first kappa shape index (κ1) is 15.3. The summed E-state index contributed by atoms with van der Waals surface area (Å²) in [5.74, 6) is -0.685. The van der Waals surface area contributed by atoms with Gasteiger partial charge in [0, 0.05) is 18.0 Å². The monoisotopic (exact) mass is 309 g/mol. The first-order valence-electron chi connectivity index (χ1n) is 5.83. The number of rotatable bonds is 2. The van der Waals surface area contributed by atoms with Crippen LogP contribution in [-0.4, -0.2) is 14.8 Å². The van der Waals surface area contributed by atoms with E-state index in [1.165, 1.54) is 6.92 Å². The molecule has 2 aromatic heterocycles. The van der Waals surface area contributed by atoms with E-state index in [0.29, 0.717) is 4.68 Å². The Morgan fingerprint density at radius 1 is 1.10 bits per heavy atom. The molecule has 21 heavy (non-hydrogen) atoms. The number of halogens is 6. The molecule has 0 fully saturated rings. The molecular formula is C12H9F6N3. The highest BCUT2D eigenvalue weighted by Crippen LogP contribution is 2.35. The van der Waals surface area contributed by atoms with Crippen molar-refractivity contribution in [2.24, 2.45) is 0 Å². The Kier molecular flexibility index (Phi) is 3.68. The Balaban J connectivity index is 2.62. The number of hydrogen-bond donors (Lipinski definition) is 0. The van der Waals surface area contributed by atoms with Crippen molar-refractivity contribution >= 4 is 0 Å². The van der Waals surface area contributed by atoms with Crippen molar-refractivity contribution in [3.8, 4) is 5.82 Å². The summed E-state index contributed by atoms with van der Waals surface area (Å²) < 4.78 is 77.4. The molecule has 2 heterocycles. The van der Waals surface area contributed by atoms with Gasteiger partial charge >= 0.3 is 12.4 Å². The molecule has 3 nitrogen and oxygen atoms in total. The SMILES string of the molecule is CCc1cn(-c2ncccc2C(F)(F)F)nc1C(F)(F)F. The molecule has 0 atom stereocenters. The highest BCUT2D eigenvalue weighted by molar-refractivity contribution is 5.37. The van der Waals surface area contributed by atoms with Crippen LogP contribution in [0.5, 0.6) is 0 Å². The van der Waals surface area contributed by atoms with Gasteiger partial charge in [0.25, 0.3) is 0 Å². The number of hydrogen-bond acceptors (Lipinski definition) is 2. The molecule has 9 heteroatoms. The molecule has 0 radical (unpaired) electrons. The van der Waals surface area contributed by atoms with Crippen LogP contribution in [0.4, 0.5) is 26.3 Å². The van der Waals surface area contributed by atoms with Crippen molar-refractivity contribution in [2.75, 3.05) is 0 Å². The quantitative estimate of drug-likeness (QED) is 0.789.